The summed E-state index contributed by atoms with van der Waals surface area (Å²) < 4.78 is 49.4. The third-order valence-corrected chi connectivity index (χ3v) is 6.89. The molecule has 1 aliphatic heterocycles. The van der Waals surface area contributed by atoms with Crippen molar-refractivity contribution in [3.63, 3.8) is 0 Å². The smallest absolute Gasteiger partial charge is 0.395 e. The number of nitrogens with one attached hydrogen (secondary N) is 1. The molecule has 0 spiro atoms. The van der Waals surface area contributed by atoms with Gasteiger partial charge in [-0.3, -0.25) is 10.1 Å². The predicted octanol–water partition coefficient (Wildman–Crippen LogP) is 5.55. The lowest BCUT2D eigenvalue weighted by atomic mass is 9.87. The van der Waals surface area contributed by atoms with Crippen LogP contribution in [0.5, 0.6) is 11.5 Å². The Balaban J connectivity index is 2.05. The Labute approximate surface area is 184 Å². The van der Waals surface area contributed by atoms with Crippen molar-refractivity contribution in [2.45, 2.75) is 48.8 Å². The Hall–Kier alpha value is -2.19. The van der Waals surface area contributed by atoms with Gasteiger partial charge in [0.15, 0.2) is 11.5 Å². The van der Waals surface area contributed by atoms with Gasteiger partial charge in [-0.2, -0.15) is 13.2 Å². The van der Waals surface area contributed by atoms with Crippen LogP contribution in [-0.4, -0.2) is 37.5 Å². The van der Waals surface area contributed by atoms with Crippen LogP contribution >= 0.6 is 11.8 Å². The molecule has 3 rings (SSSR count). The van der Waals surface area contributed by atoms with Crippen molar-refractivity contribution in [3.8, 4) is 11.5 Å². The number of hydrogen-bond acceptors (Lipinski definition) is 5. The molecule has 168 valence electrons. The maximum Gasteiger partial charge on any atom is 0.395 e. The Bertz CT molecular complexity index is 920. The van der Waals surface area contributed by atoms with Gasteiger partial charge >= 0.3 is 6.18 Å². The van der Waals surface area contributed by atoms with Crippen molar-refractivity contribution < 1.29 is 27.4 Å². The molecule has 0 radical (unpaired) electrons. The van der Waals surface area contributed by atoms with Crippen LogP contribution in [0.1, 0.15) is 43.4 Å². The quantitative estimate of drug-likeness (QED) is 0.596. The highest BCUT2D eigenvalue weighted by Crippen LogP contribution is 2.45. The van der Waals surface area contributed by atoms with Gasteiger partial charge in [-0.05, 0) is 29.7 Å². The fourth-order valence-electron chi connectivity index (χ4n) is 3.87. The molecule has 1 aliphatic rings. The fraction of sp³-hybridized carbons (Fsp3) is 0.435. The summed E-state index contributed by atoms with van der Waals surface area (Å²) in [4.78, 5) is 13.3. The van der Waals surface area contributed by atoms with Gasteiger partial charge in [0.25, 0.3) is 0 Å². The summed E-state index contributed by atoms with van der Waals surface area (Å²) in [5.41, 5.74) is 1.11. The highest BCUT2D eigenvalue weighted by molar-refractivity contribution is 7.99. The number of carbonyl (C=O) groups excluding carboxylic acids is 1. The normalized spacial score (nSPS) is 21.2. The molecule has 2 aromatic rings. The van der Waals surface area contributed by atoms with Crippen LogP contribution in [0.3, 0.4) is 0 Å². The molecule has 1 heterocycles. The van der Waals surface area contributed by atoms with Gasteiger partial charge in [0.1, 0.15) is 12.2 Å². The number of ketones is 1. The SMILES string of the molecule is CCC1(CC(=O)CC(F)(F)F)CSc2cc(OC)c(OC)cc2C(c2ccccc2)N1. The number of alkyl halides is 3. The molecule has 0 bridgehead atoms. The van der Waals surface area contributed by atoms with Crippen LogP contribution in [0, 0.1) is 0 Å². The molecule has 0 aliphatic carbocycles. The summed E-state index contributed by atoms with van der Waals surface area (Å²) in [7, 11) is 3.12. The minimum Gasteiger partial charge on any atom is -0.493 e. The van der Waals surface area contributed by atoms with Crippen LogP contribution < -0.4 is 14.8 Å². The number of ether oxygens (including phenoxy) is 2. The number of hydrogen-bond donors (Lipinski definition) is 1. The monoisotopic (exact) mass is 453 g/mol. The van der Waals surface area contributed by atoms with Crippen LogP contribution in [0.2, 0.25) is 0 Å². The van der Waals surface area contributed by atoms with Crippen LogP contribution in [-0.2, 0) is 4.79 Å². The van der Waals surface area contributed by atoms with E-state index < -0.39 is 23.9 Å². The molecule has 0 fully saturated rings. The van der Waals surface area contributed by atoms with Crippen LogP contribution in [0.4, 0.5) is 13.2 Å². The first-order chi connectivity index (χ1) is 14.7. The Morgan fingerprint density at radius 3 is 2.39 bits per heavy atom. The first kappa shape index (κ1) is 23.5. The lowest BCUT2D eigenvalue weighted by Crippen LogP contribution is -2.50. The van der Waals surface area contributed by atoms with E-state index >= 15 is 0 Å². The average Bonchev–Trinajstić information content (AvgIpc) is 2.89. The maximum atomic E-state index is 12.8. The second-order valence-corrected chi connectivity index (χ2v) is 8.68. The molecule has 0 aromatic heterocycles. The molecule has 8 heteroatoms. The summed E-state index contributed by atoms with van der Waals surface area (Å²) in [5, 5.41) is 3.55. The average molecular weight is 454 g/mol. The van der Waals surface area contributed by atoms with E-state index in [1.807, 2.05) is 49.4 Å². The topological polar surface area (TPSA) is 47.6 Å². The molecular weight excluding hydrogens is 427 g/mol. The molecular formula is C23H26F3NO3S. The number of fused-ring (bicyclic) bond motifs is 1. The first-order valence-electron chi connectivity index (χ1n) is 10.00. The molecule has 2 aromatic carbocycles. The highest BCUT2D eigenvalue weighted by Gasteiger charge is 2.40. The summed E-state index contributed by atoms with van der Waals surface area (Å²) in [6.07, 6.45) is -5.60. The van der Waals surface area contributed by atoms with Gasteiger partial charge in [-0.25, -0.2) is 0 Å². The number of halogens is 3. The van der Waals surface area contributed by atoms with Crippen molar-refractivity contribution in [2.75, 3.05) is 20.0 Å². The molecule has 2 unspecified atom stereocenters. The third kappa shape index (κ3) is 5.54. The Morgan fingerprint density at radius 1 is 1.16 bits per heavy atom. The number of methoxy groups -OCH3 is 2. The Kier molecular flexibility index (Phi) is 7.21. The van der Waals surface area contributed by atoms with E-state index in [4.69, 9.17) is 9.47 Å². The second-order valence-electron chi connectivity index (χ2n) is 7.66. The van der Waals surface area contributed by atoms with Crippen molar-refractivity contribution in [1.29, 1.82) is 0 Å². The predicted molar refractivity (Wildman–Crippen MR) is 115 cm³/mol. The largest absolute Gasteiger partial charge is 0.493 e. The van der Waals surface area contributed by atoms with Gasteiger partial charge < -0.3 is 9.47 Å². The van der Waals surface area contributed by atoms with Crippen molar-refractivity contribution in [2.24, 2.45) is 0 Å². The summed E-state index contributed by atoms with van der Waals surface area (Å²) in [6.45, 7) is 1.90. The van der Waals surface area contributed by atoms with Crippen molar-refractivity contribution in [3.05, 3.63) is 53.6 Å². The number of rotatable bonds is 7. The van der Waals surface area contributed by atoms with Gasteiger partial charge in [0.2, 0.25) is 0 Å². The molecule has 0 saturated carbocycles. The van der Waals surface area contributed by atoms with E-state index in [-0.39, 0.29) is 12.5 Å². The second kappa shape index (κ2) is 9.53. The zero-order valence-corrected chi connectivity index (χ0v) is 18.5. The number of Topliss-reactive ketones (excluding diaryl/α,β-unsaturated/α-hetero) is 1. The van der Waals surface area contributed by atoms with Gasteiger partial charge in [0, 0.05) is 22.6 Å². The minimum absolute atomic E-state index is 0.193. The molecule has 2 atom stereocenters. The van der Waals surface area contributed by atoms with E-state index in [9.17, 15) is 18.0 Å². The Morgan fingerprint density at radius 2 is 1.81 bits per heavy atom. The molecule has 0 amide bonds. The third-order valence-electron chi connectivity index (χ3n) is 5.52. The molecule has 0 saturated heterocycles. The lowest BCUT2D eigenvalue weighted by molar-refractivity contribution is -0.153. The molecule has 4 nitrogen and oxygen atoms in total. The standard InChI is InChI=1S/C23H26F3NO3S/c1-4-22(12-16(28)13-23(24,25)26)14-31-20-11-19(30-3)18(29-2)10-17(20)21(27-22)15-8-6-5-7-9-15/h5-11,21,27H,4,12-14H2,1-3H3. The molecule has 1 N–H and O–H groups in total. The number of thioether (sulfide) groups is 1. The number of carbonyl (C=O) groups is 1. The van der Waals surface area contributed by atoms with Gasteiger partial charge in [-0.15, -0.1) is 11.8 Å². The fourth-order valence-corrected chi connectivity index (χ4v) is 5.23. The van der Waals surface area contributed by atoms with Crippen molar-refractivity contribution in [1.82, 2.24) is 5.32 Å². The maximum absolute atomic E-state index is 12.8. The number of benzene rings is 2. The molecule has 31 heavy (non-hydrogen) atoms. The van der Waals surface area contributed by atoms with E-state index in [0.29, 0.717) is 23.7 Å². The zero-order valence-electron chi connectivity index (χ0n) is 17.7. The summed E-state index contributed by atoms with van der Waals surface area (Å²) >= 11 is 1.52. The van der Waals surface area contributed by atoms with E-state index in [1.165, 1.54) is 11.8 Å². The van der Waals surface area contributed by atoms with E-state index in [1.54, 1.807) is 14.2 Å². The van der Waals surface area contributed by atoms with E-state index in [0.717, 1.165) is 16.0 Å². The van der Waals surface area contributed by atoms with Crippen molar-refractivity contribution >= 4 is 17.5 Å². The van der Waals surface area contributed by atoms with Crippen LogP contribution in [0.15, 0.2) is 47.4 Å². The van der Waals surface area contributed by atoms with Gasteiger partial charge in [0.05, 0.1) is 20.3 Å². The van der Waals surface area contributed by atoms with Crippen LogP contribution in [0.25, 0.3) is 0 Å². The zero-order chi connectivity index (χ0) is 22.6. The minimum atomic E-state index is -4.51. The summed E-state index contributed by atoms with van der Waals surface area (Å²) in [5.74, 6) is 0.800. The van der Waals surface area contributed by atoms with E-state index in [2.05, 4.69) is 5.32 Å². The van der Waals surface area contributed by atoms with Gasteiger partial charge in [-0.1, -0.05) is 37.3 Å². The first-order valence-corrected chi connectivity index (χ1v) is 11.0. The lowest BCUT2D eigenvalue weighted by Gasteiger charge is -2.35. The highest BCUT2D eigenvalue weighted by atomic mass is 32.2. The summed E-state index contributed by atoms with van der Waals surface area (Å²) in [6, 6.07) is 13.1.